The molecule has 2 aromatic heterocycles. The van der Waals surface area contributed by atoms with E-state index in [1.54, 1.807) is 24.4 Å². The molecule has 0 spiro atoms. The Labute approximate surface area is 301 Å². The summed E-state index contributed by atoms with van der Waals surface area (Å²) in [6.07, 6.45) is 3.10. The van der Waals surface area contributed by atoms with Crippen LogP contribution in [0.5, 0.6) is 17.5 Å². The van der Waals surface area contributed by atoms with E-state index in [0.717, 1.165) is 33.4 Å². The zero-order chi connectivity index (χ0) is 36.3. The molecule has 0 bridgehead atoms. The van der Waals surface area contributed by atoms with E-state index in [2.05, 4.69) is 14.8 Å². The number of ether oxygens (including phenoxy) is 5. The van der Waals surface area contributed by atoms with Crippen LogP contribution in [0.25, 0.3) is 27.1 Å². The first-order chi connectivity index (χ1) is 24.8. The second kappa shape index (κ2) is 17.5. The van der Waals surface area contributed by atoms with Gasteiger partial charge in [0.1, 0.15) is 36.4 Å². The van der Waals surface area contributed by atoms with Crippen LogP contribution in [0.1, 0.15) is 46.5 Å². The normalized spacial score (nSPS) is 10.9. The Hall–Kier alpha value is -5.34. The number of aldehydes is 1. The molecule has 0 N–H and O–H groups in total. The van der Waals surface area contributed by atoms with Crippen LogP contribution in [0.4, 0.5) is 10.1 Å². The molecule has 5 aromatic rings. The van der Waals surface area contributed by atoms with Crippen molar-refractivity contribution in [3.63, 3.8) is 0 Å². The average Bonchev–Trinajstić information content (AvgIpc) is 3.14. The van der Waals surface area contributed by atoms with Crippen LogP contribution in [0.2, 0.25) is 5.02 Å². The summed E-state index contributed by atoms with van der Waals surface area (Å²) in [6.45, 7) is 16.2. The van der Waals surface area contributed by atoms with Gasteiger partial charge >= 0.3 is 0 Å². The van der Waals surface area contributed by atoms with Crippen LogP contribution < -0.4 is 14.2 Å². The van der Waals surface area contributed by atoms with E-state index in [4.69, 9.17) is 41.9 Å². The molecular formula is C40H37ClFN3O6. The lowest BCUT2D eigenvalue weighted by Crippen LogP contribution is -2.25. The highest BCUT2D eigenvalue weighted by Gasteiger charge is 2.18. The number of hydrogen-bond acceptors (Lipinski definition) is 8. The number of hydrogen-bond donors (Lipinski definition) is 0. The van der Waals surface area contributed by atoms with E-state index < -0.39 is 12.1 Å². The molecule has 0 aliphatic carbocycles. The monoisotopic (exact) mass is 709 g/mol. The first-order valence-electron chi connectivity index (χ1n) is 16.3. The van der Waals surface area contributed by atoms with Crippen molar-refractivity contribution in [3.05, 3.63) is 129 Å². The minimum Gasteiger partial charge on any atom is -0.488 e. The van der Waals surface area contributed by atoms with Gasteiger partial charge in [0.2, 0.25) is 17.4 Å². The molecule has 3 aromatic carbocycles. The van der Waals surface area contributed by atoms with Crippen molar-refractivity contribution in [2.45, 2.75) is 47.2 Å². The highest BCUT2D eigenvalue weighted by molar-refractivity contribution is 6.32. The SMILES string of the molecule is [C-]#[N+]c1cncc(COc2nc(OCc3cccc(-c4cccc(-c5ccc(OCC(OCC)OCC)cc5F)c4C)c3C)c(Cl)cc2C=O)c1. The van der Waals surface area contributed by atoms with Gasteiger partial charge in [-0.3, -0.25) is 9.78 Å². The highest BCUT2D eigenvalue weighted by atomic mass is 35.5. The van der Waals surface area contributed by atoms with E-state index >= 15 is 4.39 Å². The third-order valence-electron chi connectivity index (χ3n) is 8.10. The minimum atomic E-state index is -0.530. The van der Waals surface area contributed by atoms with E-state index in [0.29, 0.717) is 42.1 Å². The van der Waals surface area contributed by atoms with Gasteiger partial charge in [-0.1, -0.05) is 48.0 Å². The third-order valence-corrected chi connectivity index (χ3v) is 8.38. The van der Waals surface area contributed by atoms with Gasteiger partial charge in [-0.25, -0.2) is 9.24 Å². The number of benzene rings is 3. The fraction of sp³-hybridized carbons (Fsp3) is 0.250. The van der Waals surface area contributed by atoms with Gasteiger partial charge in [0.25, 0.3) is 0 Å². The Morgan fingerprint density at radius 1 is 0.843 bits per heavy atom. The molecule has 262 valence electrons. The fourth-order valence-corrected chi connectivity index (χ4v) is 5.73. The van der Waals surface area contributed by atoms with Crippen molar-refractivity contribution in [1.29, 1.82) is 0 Å². The molecule has 0 saturated heterocycles. The van der Waals surface area contributed by atoms with Gasteiger partial charge in [-0.05, 0) is 90.9 Å². The Bertz CT molecular complexity index is 2040. The summed E-state index contributed by atoms with van der Waals surface area (Å²) in [5, 5.41) is 0.153. The van der Waals surface area contributed by atoms with Crippen LogP contribution in [0, 0.1) is 26.2 Å². The molecule has 0 aliphatic rings. The summed E-state index contributed by atoms with van der Waals surface area (Å²) >= 11 is 6.45. The Kier molecular flexibility index (Phi) is 12.7. The van der Waals surface area contributed by atoms with Crippen molar-refractivity contribution < 1.29 is 32.9 Å². The average molecular weight is 710 g/mol. The summed E-state index contributed by atoms with van der Waals surface area (Å²) in [6, 6.07) is 19.6. The Balaban J connectivity index is 1.34. The van der Waals surface area contributed by atoms with Gasteiger partial charge in [-0.15, -0.1) is 0 Å². The molecule has 51 heavy (non-hydrogen) atoms. The summed E-state index contributed by atoms with van der Waals surface area (Å²) in [7, 11) is 0. The molecule has 0 unspecified atom stereocenters. The van der Waals surface area contributed by atoms with E-state index in [1.807, 2.05) is 64.1 Å². The molecule has 0 aliphatic heterocycles. The quantitative estimate of drug-likeness (QED) is 0.0568. The first kappa shape index (κ1) is 36.9. The predicted octanol–water partition coefficient (Wildman–Crippen LogP) is 9.52. The zero-order valence-electron chi connectivity index (χ0n) is 28.7. The molecule has 0 amide bonds. The van der Waals surface area contributed by atoms with Crippen LogP contribution in [-0.4, -0.2) is 42.4 Å². The molecule has 0 radical (unpaired) electrons. The number of nitrogens with zero attached hydrogens (tertiary/aromatic N) is 3. The van der Waals surface area contributed by atoms with Gasteiger partial charge < -0.3 is 23.7 Å². The lowest BCUT2D eigenvalue weighted by Gasteiger charge is -2.18. The number of halogens is 2. The van der Waals surface area contributed by atoms with Gasteiger partial charge in [0.05, 0.1) is 12.1 Å². The lowest BCUT2D eigenvalue weighted by atomic mass is 9.89. The smallest absolute Gasteiger partial charge is 0.236 e. The number of pyridine rings is 2. The minimum absolute atomic E-state index is 0.0377. The van der Waals surface area contributed by atoms with E-state index in [1.165, 1.54) is 18.3 Å². The number of carbonyl (C=O) groups is 1. The Morgan fingerprint density at radius 2 is 1.53 bits per heavy atom. The summed E-state index contributed by atoms with van der Waals surface area (Å²) < 4.78 is 44.2. The van der Waals surface area contributed by atoms with Crippen LogP contribution in [-0.2, 0) is 22.7 Å². The molecule has 5 rings (SSSR count). The Morgan fingerprint density at radius 3 is 2.22 bits per heavy atom. The summed E-state index contributed by atoms with van der Waals surface area (Å²) in [5.41, 5.74) is 7.05. The van der Waals surface area contributed by atoms with E-state index in [9.17, 15) is 4.79 Å². The van der Waals surface area contributed by atoms with Crippen molar-refractivity contribution >= 4 is 23.6 Å². The summed E-state index contributed by atoms with van der Waals surface area (Å²) in [4.78, 5) is 23.6. The molecule has 11 heteroatoms. The maximum atomic E-state index is 15.5. The van der Waals surface area contributed by atoms with Crippen LogP contribution in [0.15, 0.2) is 79.1 Å². The fourth-order valence-electron chi connectivity index (χ4n) is 5.52. The maximum absolute atomic E-state index is 15.5. The molecule has 0 fully saturated rings. The largest absolute Gasteiger partial charge is 0.488 e. The van der Waals surface area contributed by atoms with E-state index in [-0.39, 0.29) is 42.2 Å². The molecule has 2 heterocycles. The van der Waals surface area contributed by atoms with Crippen molar-refractivity contribution in [1.82, 2.24) is 9.97 Å². The van der Waals surface area contributed by atoms with Crippen LogP contribution in [0.3, 0.4) is 0 Å². The van der Waals surface area contributed by atoms with Crippen molar-refractivity contribution in [3.8, 4) is 39.8 Å². The predicted molar refractivity (Wildman–Crippen MR) is 193 cm³/mol. The van der Waals surface area contributed by atoms with Gasteiger partial charge in [0.15, 0.2) is 12.6 Å². The van der Waals surface area contributed by atoms with Gasteiger partial charge in [0, 0.05) is 37.2 Å². The number of rotatable bonds is 16. The third kappa shape index (κ3) is 9.07. The first-order valence-corrected chi connectivity index (χ1v) is 16.7. The molecule has 0 atom stereocenters. The second-order valence-corrected chi connectivity index (χ2v) is 11.8. The van der Waals surface area contributed by atoms with Crippen molar-refractivity contribution in [2.75, 3.05) is 19.8 Å². The maximum Gasteiger partial charge on any atom is 0.236 e. The molecule has 9 nitrogen and oxygen atoms in total. The summed E-state index contributed by atoms with van der Waals surface area (Å²) in [5.74, 6) is 0.124. The lowest BCUT2D eigenvalue weighted by molar-refractivity contribution is -0.152. The molecule has 0 saturated carbocycles. The van der Waals surface area contributed by atoms with Gasteiger partial charge in [-0.2, -0.15) is 4.98 Å². The second-order valence-electron chi connectivity index (χ2n) is 11.4. The topological polar surface area (TPSA) is 93.4 Å². The number of aromatic nitrogens is 2. The standard InChI is InChI=1S/C40H37ClFN3O6/c1-6-47-38(48-7-2)24-49-31-14-15-35(37(42)18-31)34-13-9-12-33(26(34)4)32-11-8-10-28(25(32)3)23-51-40-36(41)17-29(21-46)39(45-40)50-22-27-16-30(43-5)20-44-19-27/h8-21,38H,6-7,22-24H2,1-4H3. The van der Waals surface area contributed by atoms with Crippen molar-refractivity contribution in [2.24, 2.45) is 0 Å². The number of carbonyl (C=O) groups excluding carboxylic acids is 1. The molecular weight excluding hydrogens is 673 g/mol. The zero-order valence-corrected chi connectivity index (χ0v) is 29.5. The highest BCUT2D eigenvalue weighted by Crippen LogP contribution is 2.37. The van der Waals surface area contributed by atoms with Crippen LogP contribution >= 0.6 is 11.6 Å².